The molecule has 4 heteroatoms. The molecule has 0 saturated carbocycles. The second kappa shape index (κ2) is 4.78. The number of nitrogens with one attached hydrogen (secondary N) is 1. The Balaban J connectivity index is 2.37. The minimum absolute atomic E-state index is 0.310. The second-order valence-corrected chi connectivity index (χ2v) is 6.78. The van der Waals surface area contributed by atoms with E-state index in [1.165, 1.54) is 19.1 Å². The average molecular weight is 253 g/mol. The van der Waals surface area contributed by atoms with Gasteiger partial charge in [-0.05, 0) is 43.5 Å². The van der Waals surface area contributed by atoms with E-state index in [1.54, 1.807) is 0 Å². The van der Waals surface area contributed by atoms with Crippen LogP contribution in [0.5, 0.6) is 0 Å². The topological polar surface area (TPSA) is 46.2 Å². The molecule has 1 aromatic carbocycles. The Hall–Kier alpha value is -0.870. The predicted molar refractivity (Wildman–Crippen MR) is 68.9 cm³/mol. The summed E-state index contributed by atoms with van der Waals surface area (Å²) in [6.45, 7) is 2.86. The van der Waals surface area contributed by atoms with Crippen LogP contribution in [0.25, 0.3) is 0 Å². The Labute approximate surface area is 103 Å². The molecule has 0 amide bonds. The lowest BCUT2D eigenvalue weighted by Gasteiger charge is -2.24. The number of hydrogen-bond acceptors (Lipinski definition) is 3. The van der Waals surface area contributed by atoms with Crippen molar-refractivity contribution in [2.45, 2.75) is 37.1 Å². The van der Waals surface area contributed by atoms with E-state index >= 15 is 0 Å². The lowest BCUT2D eigenvalue weighted by Crippen LogP contribution is -2.26. The van der Waals surface area contributed by atoms with Gasteiger partial charge >= 0.3 is 0 Å². The molecule has 0 aliphatic carbocycles. The maximum Gasteiger partial charge on any atom is 0.175 e. The minimum atomic E-state index is -3.12. The van der Waals surface area contributed by atoms with Gasteiger partial charge < -0.3 is 5.32 Å². The highest BCUT2D eigenvalue weighted by atomic mass is 32.2. The van der Waals surface area contributed by atoms with Gasteiger partial charge in [0.25, 0.3) is 0 Å². The maximum absolute atomic E-state index is 11.7. The summed E-state index contributed by atoms with van der Waals surface area (Å²) in [7, 11) is -3.12. The molecule has 1 atom stereocenters. The summed E-state index contributed by atoms with van der Waals surface area (Å²) in [5.41, 5.74) is 1.92. The third-order valence-electron chi connectivity index (χ3n) is 3.32. The molecular weight excluding hydrogens is 234 g/mol. The summed E-state index contributed by atoms with van der Waals surface area (Å²) in [5.74, 6) is 0. The van der Waals surface area contributed by atoms with Gasteiger partial charge in [-0.25, -0.2) is 8.42 Å². The molecule has 1 unspecified atom stereocenters. The molecule has 0 bridgehead atoms. The molecule has 1 heterocycles. The quantitative estimate of drug-likeness (QED) is 0.879. The number of hydrogen-bond donors (Lipinski definition) is 1. The van der Waals surface area contributed by atoms with Crippen LogP contribution < -0.4 is 5.32 Å². The number of rotatable bonds is 2. The van der Waals surface area contributed by atoms with Gasteiger partial charge in [0, 0.05) is 12.3 Å². The van der Waals surface area contributed by atoms with E-state index in [-0.39, 0.29) is 0 Å². The van der Waals surface area contributed by atoms with Crippen molar-refractivity contribution in [2.75, 3.05) is 12.8 Å². The molecule has 0 radical (unpaired) electrons. The van der Waals surface area contributed by atoms with Crippen molar-refractivity contribution in [1.29, 1.82) is 0 Å². The van der Waals surface area contributed by atoms with E-state index in [4.69, 9.17) is 0 Å². The Morgan fingerprint density at radius 1 is 1.29 bits per heavy atom. The largest absolute Gasteiger partial charge is 0.310 e. The zero-order valence-corrected chi connectivity index (χ0v) is 11.2. The molecule has 1 aliphatic heterocycles. The molecule has 1 saturated heterocycles. The average Bonchev–Trinajstić information content (AvgIpc) is 2.29. The van der Waals surface area contributed by atoms with E-state index in [1.807, 2.05) is 25.1 Å². The van der Waals surface area contributed by atoms with Gasteiger partial charge in [0.2, 0.25) is 0 Å². The molecule has 0 aromatic heterocycles. The van der Waals surface area contributed by atoms with Crippen molar-refractivity contribution in [3.8, 4) is 0 Å². The van der Waals surface area contributed by atoms with Gasteiger partial charge in [0.05, 0.1) is 4.90 Å². The molecule has 1 aliphatic rings. The van der Waals surface area contributed by atoms with E-state index in [0.717, 1.165) is 24.1 Å². The summed E-state index contributed by atoms with van der Waals surface area (Å²) in [5, 5.41) is 3.44. The summed E-state index contributed by atoms with van der Waals surface area (Å²) < 4.78 is 23.3. The lowest BCUT2D eigenvalue weighted by atomic mass is 9.97. The Morgan fingerprint density at radius 3 is 2.65 bits per heavy atom. The third-order valence-corrected chi connectivity index (χ3v) is 4.56. The molecule has 1 fully saturated rings. The number of benzene rings is 1. The first-order chi connectivity index (χ1) is 7.98. The molecule has 17 heavy (non-hydrogen) atoms. The Kier molecular flexibility index (Phi) is 3.54. The van der Waals surface area contributed by atoms with Crippen LogP contribution in [0.4, 0.5) is 0 Å². The standard InChI is InChI=1S/C13H19NO2S/c1-10-6-7-11(9-13(10)17(2,15)16)12-5-3-4-8-14-12/h6-7,9,12,14H,3-5,8H2,1-2H3. The van der Waals surface area contributed by atoms with Crippen LogP contribution in [-0.4, -0.2) is 21.2 Å². The SMILES string of the molecule is Cc1ccc(C2CCCCN2)cc1S(C)(=O)=O. The number of piperidine rings is 1. The fraction of sp³-hybridized carbons (Fsp3) is 0.538. The van der Waals surface area contributed by atoms with Gasteiger partial charge in [0.1, 0.15) is 0 Å². The zero-order chi connectivity index (χ0) is 12.5. The summed E-state index contributed by atoms with van der Waals surface area (Å²) in [6.07, 6.45) is 4.78. The molecule has 0 spiro atoms. The molecule has 2 rings (SSSR count). The third kappa shape index (κ3) is 2.87. The van der Waals surface area contributed by atoms with Crippen molar-refractivity contribution in [3.05, 3.63) is 29.3 Å². The Bertz CT molecular complexity index is 502. The predicted octanol–water partition coefficient (Wildman–Crippen LogP) is 2.21. The van der Waals surface area contributed by atoms with Crippen LogP contribution in [0, 0.1) is 6.92 Å². The van der Waals surface area contributed by atoms with Crippen LogP contribution in [0.15, 0.2) is 23.1 Å². The normalized spacial score (nSPS) is 21.4. The second-order valence-electron chi connectivity index (χ2n) is 4.80. The van der Waals surface area contributed by atoms with Gasteiger partial charge in [-0.3, -0.25) is 0 Å². The zero-order valence-electron chi connectivity index (χ0n) is 10.4. The highest BCUT2D eigenvalue weighted by Crippen LogP contribution is 2.26. The summed E-state index contributed by atoms with van der Waals surface area (Å²) in [4.78, 5) is 0.461. The molecule has 1 N–H and O–H groups in total. The fourth-order valence-corrected chi connectivity index (χ4v) is 3.37. The monoisotopic (exact) mass is 253 g/mol. The first kappa shape index (κ1) is 12.6. The minimum Gasteiger partial charge on any atom is -0.310 e. The van der Waals surface area contributed by atoms with Crippen molar-refractivity contribution >= 4 is 9.84 Å². The van der Waals surface area contributed by atoms with Crippen molar-refractivity contribution in [3.63, 3.8) is 0 Å². The lowest BCUT2D eigenvalue weighted by molar-refractivity contribution is 0.412. The van der Waals surface area contributed by atoms with Gasteiger partial charge in [-0.15, -0.1) is 0 Å². The van der Waals surface area contributed by atoms with E-state index in [2.05, 4.69) is 5.32 Å². The molecular formula is C13H19NO2S. The highest BCUT2D eigenvalue weighted by molar-refractivity contribution is 7.90. The first-order valence-corrected chi connectivity index (χ1v) is 7.91. The van der Waals surface area contributed by atoms with E-state index in [0.29, 0.717) is 10.9 Å². The maximum atomic E-state index is 11.7. The van der Waals surface area contributed by atoms with Gasteiger partial charge in [-0.1, -0.05) is 18.6 Å². The highest BCUT2D eigenvalue weighted by Gasteiger charge is 2.18. The van der Waals surface area contributed by atoms with Crippen LogP contribution in [-0.2, 0) is 9.84 Å². The van der Waals surface area contributed by atoms with Gasteiger partial charge in [0.15, 0.2) is 9.84 Å². The summed E-state index contributed by atoms with van der Waals surface area (Å²) in [6, 6.07) is 6.08. The van der Waals surface area contributed by atoms with Crippen molar-refractivity contribution < 1.29 is 8.42 Å². The number of sulfone groups is 1. The van der Waals surface area contributed by atoms with Crippen molar-refractivity contribution in [1.82, 2.24) is 5.32 Å². The van der Waals surface area contributed by atoms with E-state index in [9.17, 15) is 8.42 Å². The van der Waals surface area contributed by atoms with Gasteiger partial charge in [-0.2, -0.15) is 0 Å². The Morgan fingerprint density at radius 2 is 2.06 bits per heavy atom. The molecule has 3 nitrogen and oxygen atoms in total. The van der Waals surface area contributed by atoms with Crippen LogP contribution in [0.3, 0.4) is 0 Å². The molecule has 1 aromatic rings. The summed E-state index contributed by atoms with van der Waals surface area (Å²) >= 11 is 0. The van der Waals surface area contributed by atoms with Crippen LogP contribution in [0.1, 0.15) is 36.4 Å². The van der Waals surface area contributed by atoms with Crippen LogP contribution >= 0.6 is 0 Å². The number of aryl methyl sites for hydroxylation is 1. The smallest absolute Gasteiger partial charge is 0.175 e. The van der Waals surface area contributed by atoms with Crippen molar-refractivity contribution in [2.24, 2.45) is 0 Å². The molecule has 94 valence electrons. The first-order valence-electron chi connectivity index (χ1n) is 6.02. The fourth-order valence-electron chi connectivity index (χ4n) is 2.37. The van der Waals surface area contributed by atoms with E-state index < -0.39 is 9.84 Å². The van der Waals surface area contributed by atoms with Crippen LogP contribution in [0.2, 0.25) is 0 Å².